The molecule has 1 saturated heterocycles. The van der Waals surface area contributed by atoms with E-state index in [9.17, 15) is 4.79 Å². The van der Waals surface area contributed by atoms with Crippen LogP contribution in [0.3, 0.4) is 0 Å². The van der Waals surface area contributed by atoms with Gasteiger partial charge >= 0.3 is 6.03 Å². The zero-order chi connectivity index (χ0) is 22.0. The van der Waals surface area contributed by atoms with E-state index in [1.807, 2.05) is 23.7 Å². The van der Waals surface area contributed by atoms with Crippen molar-refractivity contribution in [1.82, 2.24) is 30.0 Å². The van der Waals surface area contributed by atoms with Gasteiger partial charge in [0, 0.05) is 19.2 Å². The molecule has 0 radical (unpaired) electrons. The Labute approximate surface area is 182 Å². The number of likely N-dealkylation sites (tertiary alicyclic amines) is 1. The van der Waals surface area contributed by atoms with Crippen molar-refractivity contribution < 1.29 is 14.3 Å². The summed E-state index contributed by atoms with van der Waals surface area (Å²) in [5.41, 5.74) is 0.145. The third-order valence-electron chi connectivity index (χ3n) is 6.62. The molecule has 10 nitrogen and oxygen atoms in total. The second-order valence-corrected chi connectivity index (χ2v) is 8.48. The van der Waals surface area contributed by atoms with Crippen molar-refractivity contribution in [3.05, 3.63) is 24.0 Å². The molecule has 1 saturated carbocycles. The lowest BCUT2D eigenvalue weighted by atomic mass is 9.95. The first kappa shape index (κ1) is 21.4. The van der Waals surface area contributed by atoms with Crippen molar-refractivity contribution in [3.63, 3.8) is 0 Å². The molecule has 2 heterocycles. The molecule has 1 N–H and O–H groups in total. The van der Waals surface area contributed by atoms with E-state index in [2.05, 4.69) is 25.7 Å². The van der Waals surface area contributed by atoms with Crippen LogP contribution < -0.4 is 14.8 Å². The van der Waals surface area contributed by atoms with E-state index in [1.165, 1.54) is 12.8 Å². The number of urea groups is 1. The molecule has 31 heavy (non-hydrogen) atoms. The van der Waals surface area contributed by atoms with Gasteiger partial charge in [-0.1, -0.05) is 12.8 Å². The number of methoxy groups -OCH3 is 2. The van der Waals surface area contributed by atoms with Crippen LogP contribution in [0.2, 0.25) is 0 Å². The van der Waals surface area contributed by atoms with Crippen LogP contribution in [0.15, 0.2) is 18.2 Å². The van der Waals surface area contributed by atoms with Gasteiger partial charge in [0.15, 0.2) is 5.82 Å². The Kier molecular flexibility index (Phi) is 5.99. The number of rotatable bonds is 6. The minimum absolute atomic E-state index is 0.185. The first-order chi connectivity index (χ1) is 15.0. The van der Waals surface area contributed by atoms with Crippen molar-refractivity contribution in [2.75, 3.05) is 46.7 Å². The van der Waals surface area contributed by atoms with Gasteiger partial charge in [-0.3, -0.25) is 4.90 Å². The number of carbonyl (C=O) groups excluding carboxylic acids is 1. The number of likely N-dealkylation sites (N-methyl/N-ethyl adjacent to an activating group) is 1. The van der Waals surface area contributed by atoms with Gasteiger partial charge in [-0.2, -0.15) is 0 Å². The van der Waals surface area contributed by atoms with Crippen molar-refractivity contribution in [3.8, 4) is 11.5 Å². The predicted molar refractivity (Wildman–Crippen MR) is 115 cm³/mol. The Hall–Kier alpha value is -2.88. The number of nitrogens with zero attached hydrogens (tertiary/aromatic N) is 6. The van der Waals surface area contributed by atoms with E-state index in [0.29, 0.717) is 36.3 Å². The largest absolute Gasteiger partial charge is 0.497 e. The highest BCUT2D eigenvalue weighted by atomic mass is 16.5. The summed E-state index contributed by atoms with van der Waals surface area (Å²) in [6, 6.07) is 5.48. The number of aromatic nitrogens is 4. The van der Waals surface area contributed by atoms with Gasteiger partial charge in [0.1, 0.15) is 17.0 Å². The monoisotopic (exact) mass is 429 g/mol. The van der Waals surface area contributed by atoms with Gasteiger partial charge in [0.05, 0.1) is 25.9 Å². The zero-order valence-electron chi connectivity index (χ0n) is 18.7. The predicted octanol–water partition coefficient (Wildman–Crippen LogP) is 2.50. The molecule has 1 atom stereocenters. The van der Waals surface area contributed by atoms with Crippen molar-refractivity contribution in [2.45, 2.75) is 43.7 Å². The number of tetrazole rings is 1. The molecule has 2 fully saturated rings. The van der Waals surface area contributed by atoms with E-state index in [-0.39, 0.29) is 6.03 Å². The summed E-state index contributed by atoms with van der Waals surface area (Å²) >= 11 is 0. The number of amides is 2. The van der Waals surface area contributed by atoms with E-state index in [4.69, 9.17) is 9.47 Å². The highest BCUT2D eigenvalue weighted by Gasteiger charge is 2.48. The van der Waals surface area contributed by atoms with E-state index < -0.39 is 5.54 Å². The molecule has 168 valence electrons. The van der Waals surface area contributed by atoms with Gasteiger partial charge in [0.2, 0.25) is 0 Å². The Morgan fingerprint density at radius 2 is 2.00 bits per heavy atom. The molecule has 1 aromatic carbocycles. The summed E-state index contributed by atoms with van der Waals surface area (Å²) in [4.78, 5) is 17.1. The summed E-state index contributed by atoms with van der Waals surface area (Å²) < 4.78 is 12.7. The molecular formula is C21H31N7O3. The smallest absolute Gasteiger partial charge is 0.322 e. The fraction of sp³-hybridized carbons (Fsp3) is 0.619. The second-order valence-electron chi connectivity index (χ2n) is 8.48. The lowest BCUT2D eigenvalue weighted by molar-refractivity contribution is 0.137. The van der Waals surface area contributed by atoms with Crippen LogP contribution in [0.25, 0.3) is 0 Å². The number of hydrogen-bond donors (Lipinski definition) is 1. The van der Waals surface area contributed by atoms with Crippen LogP contribution in [0.4, 0.5) is 10.5 Å². The topological polar surface area (TPSA) is 97.6 Å². The molecule has 2 amide bonds. The minimum atomic E-state index is -0.429. The Morgan fingerprint density at radius 3 is 2.68 bits per heavy atom. The molecule has 0 spiro atoms. The van der Waals surface area contributed by atoms with Crippen LogP contribution in [0, 0.1) is 0 Å². The molecule has 10 heteroatoms. The molecule has 2 aromatic rings. The third-order valence-corrected chi connectivity index (χ3v) is 6.62. The SMILES string of the molecule is COc1ccc(OC)c(NC(=O)N2CCC(c3nnnn3C3CCCC3)(N(C)C)C2)c1. The van der Waals surface area contributed by atoms with Crippen molar-refractivity contribution >= 4 is 11.7 Å². The Morgan fingerprint density at radius 1 is 1.23 bits per heavy atom. The number of carbonyl (C=O) groups is 1. The normalized spacial score (nSPS) is 21.6. The van der Waals surface area contributed by atoms with Gasteiger partial charge in [-0.25, -0.2) is 9.48 Å². The molecule has 1 aromatic heterocycles. The maximum Gasteiger partial charge on any atom is 0.322 e. The highest BCUT2D eigenvalue weighted by Crippen LogP contribution is 2.39. The molecule has 4 rings (SSSR count). The average Bonchev–Trinajstić information content (AvgIpc) is 3.53. The van der Waals surface area contributed by atoms with E-state index >= 15 is 0 Å². The molecule has 1 aliphatic heterocycles. The fourth-order valence-corrected chi connectivity index (χ4v) is 4.72. The summed E-state index contributed by atoms with van der Waals surface area (Å²) in [7, 11) is 7.22. The molecule has 2 aliphatic rings. The lowest BCUT2D eigenvalue weighted by Gasteiger charge is -2.35. The standard InChI is InChI=1S/C21H31N7O3/c1-26(2)21(19-23-24-25-28(19)15-7-5-6-8-15)11-12-27(14-21)20(29)22-17-13-16(30-3)9-10-18(17)31-4/h9-10,13,15H,5-8,11-12,14H2,1-4H3,(H,22,29). The van der Waals surface area contributed by atoms with E-state index in [0.717, 1.165) is 25.1 Å². The lowest BCUT2D eigenvalue weighted by Crippen LogP contribution is -2.47. The summed E-state index contributed by atoms with van der Waals surface area (Å²) in [5.74, 6) is 2.08. The van der Waals surface area contributed by atoms with Gasteiger partial charge in [0.25, 0.3) is 0 Å². The van der Waals surface area contributed by atoms with Gasteiger partial charge in [-0.15, -0.1) is 5.10 Å². The Balaban J connectivity index is 1.56. The minimum Gasteiger partial charge on any atom is -0.497 e. The van der Waals surface area contributed by atoms with Gasteiger partial charge < -0.3 is 19.7 Å². The van der Waals surface area contributed by atoms with Gasteiger partial charge in [-0.05, 0) is 55.9 Å². The Bertz CT molecular complexity index is 925. The van der Waals surface area contributed by atoms with Crippen molar-refractivity contribution in [1.29, 1.82) is 0 Å². The molecular weight excluding hydrogens is 398 g/mol. The van der Waals surface area contributed by atoms with Crippen LogP contribution in [0.1, 0.15) is 44.0 Å². The number of benzene rings is 1. The van der Waals surface area contributed by atoms with Crippen LogP contribution >= 0.6 is 0 Å². The number of ether oxygens (including phenoxy) is 2. The number of hydrogen-bond acceptors (Lipinski definition) is 7. The zero-order valence-corrected chi connectivity index (χ0v) is 18.7. The highest BCUT2D eigenvalue weighted by molar-refractivity contribution is 5.91. The molecule has 1 unspecified atom stereocenters. The molecule has 0 bridgehead atoms. The van der Waals surface area contributed by atoms with Crippen molar-refractivity contribution in [2.24, 2.45) is 0 Å². The number of anilines is 1. The quantitative estimate of drug-likeness (QED) is 0.753. The van der Waals surface area contributed by atoms with E-state index in [1.54, 1.807) is 32.4 Å². The first-order valence-electron chi connectivity index (χ1n) is 10.7. The van der Waals surface area contributed by atoms with Crippen LogP contribution in [0.5, 0.6) is 11.5 Å². The second kappa shape index (κ2) is 8.70. The maximum absolute atomic E-state index is 13.1. The summed E-state index contributed by atoms with van der Waals surface area (Å²) in [6.45, 7) is 1.11. The molecule has 1 aliphatic carbocycles. The maximum atomic E-state index is 13.1. The fourth-order valence-electron chi connectivity index (χ4n) is 4.72. The van der Waals surface area contributed by atoms with Crippen LogP contribution in [-0.4, -0.2) is 77.4 Å². The summed E-state index contributed by atoms with van der Waals surface area (Å²) in [6.07, 6.45) is 5.37. The third kappa shape index (κ3) is 3.91. The number of nitrogens with one attached hydrogen (secondary N) is 1. The average molecular weight is 430 g/mol. The summed E-state index contributed by atoms with van der Waals surface area (Å²) in [5, 5.41) is 15.7. The first-order valence-corrected chi connectivity index (χ1v) is 10.7. The van der Waals surface area contributed by atoms with Crippen LogP contribution in [-0.2, 0) is 5.54 Å².